The minimum atomic E-state index is -2.28. The molecule has 1 aliphatic heterocycles. The predicted molar refractivity (Wildman–Crippen MR) is 323 cm³/mol. The molecule has 452 valence electrons. The molecular formula is C75H93NO9. The number of aliphatic hydroxyl groups is 6. The number of hydrogen-bond acceptors (Lipinski definition) is 10. The maximum Gasteiger partial charge on any atom is 0.331 e. The largest absolute Gasteiger partial charge is 0.454 e. The zero-order valence-corrected chi connectivity index (χ0v) is 50.4. The van der Waals surface area contributed by atoms with Gasteiger partial charge in [0.2, 0.25) is 0 Å². The molecule has 3 aromatic carbocycles. The molecule has 0 unspecified atom stereocenters. The molecule has 10 saturated carbocycles. The summed E-state index contributed by atoms with van der Waals surface area (Å²) in [7, 11) is 1.96. The van der Waals surface area contributed by atoms with Crippen molar-refractivity contribution in [1.29, 1.82) is 0 Å². The van der Waals surface area contributed by atoms with E-state index in [2.05, 4.69) is 78.7 Å². The second kappa shape index (κ2) is 19.9. The smallest absolute Gasteiger partial charge is 0.331 e. The van der Waals surface area contributed by atoms with Crippen LogP contribution in [0.2, 0.25) is 0 Å². The molecule has 17 bridgehead atoms. The van der Waals surface area contributed by atoms with Crippen LogP contribution in [0.4, 0.5) is 0 Å². The normalized spacial score (nSPS) is 47.6. The maximum absolute atomic E-state index is 15.7. The molecular weight excluding hydrogens is 1060 g/mol. The highest BCUT2D eigenvalue weighted by Gasteiger charge is 2.87. The van der Waals surface area contributed by atoms with Crippen LogP contribution >= 0.6 is 0 Å². The number of benzene rings is 3. The lowest BCUT2D eigenvalue weighted by atomic mass is 9.32. The Morgan fingerprint density at radius 3 is 2.35 bits per heavy atom. The van der Waals surface area contributed by atoms with Crippen molar-refractivity contribution in [3.8, 4) is 11.8 Å². The molecule has 0 aromatic heterocycles. The van der Waals surface area contributed by atoms with E-state index in [4.69, 9.17) is 4.74 Å². The Morgan fingerprint density at radius 2 is 1.54 bits per heavy atom. The van der Waals surface area contributed by atoms with Crippen molar-refractivity contribution >= 4 is 12.3 Å². The Morgan fingerprint density at radius 1 is 0.753 bits per heavy atom. The molecule has 16 aliphatic rings. The molecule has 0 amide bonds. The Labute approximate surface area is 503 Å². The standard InChI is InChI=1S/C75H93NO9/c1-43(48-11-3-4-12-48)50-16-19-60-67(80)70-26-22-53-32-52(17-18-59(53)70)51-14-6-10-46(31-51)29-44-8-5-9-45(28-44)30-47-20-24-69(37-47)25-21-49-13-7-15-54(39-77)56(49)35-62(76-2)57-33-55-38-73(82)71(40-69,65(55)58-36-64(79)85-66(57)58)27-23-63-72(41-70,42-78)74(60,83)61(34-50)68(81)75(63,73)84/h5-10,13-15,28,31,36,42-43,47-48,50,52-53,55,57,59-63,65-68,76-77,80-84H,3-4,11-12,16-20,22-24,26-27,29-30,32-35,37-41H2,1-2H3/t43-,47-,50-,52-,53-,55+,57-,59+,60+,61-,62-,63+,65+,66-,67+,68+,69-,70-,71-,72-,73+,74+,75+/m0/s1. The van der Waals surface area contributed by atoms with Gasteiger partial charge >= 0.3 is 5.97 Å². The quantitative estimate of drug-likeness (QED) is 0.0740. The Bertz CT molecular complexity index is 3280. The lowest BCUT2D eigenvalue weighted by molar-refractivity contribution is -0.386. The molecule has 23 atom stereocenters. The second-order valence-electron chi connectivity index (χ2n) is 31.6. The molecule has 1 heterocycles. The highest BCUT2D eigenvalue weighted by Crippen LogP contribution is 2.81. The van der Waals surface area contributed by atoms with E-state index < -0.39 is 86.4 Å². The van der Waals surface area contributed by atoms with Gasteiger partial charge in [0.15, 0.2) is 0 Å². The number of fused-ring (bicyclic) bond motifs is 1. The number of carbonyl (C=O) groups excluding carboxylic acids is 2. The van der Waals surface area contributed by atoms with Crippen molar-refractivity contribution in [2.75, 3.05) is 7.05 Å². The third kappa shape index (κ3) is 7.68. The Kier molecular flexibility index (Phi) is 13.1. The van der Waals surface area contributed by atoms with Gasteiger partial charge < -0.3 is 45.5 Å². The number of carbonyl (C=O) groups is 2. The summed E-state index contributed by atoms with van der Waals surface area (Å²) in [5.74, 6) is 5.71. The van der Waals surface area contributed by atoms with Crippen molar-refractivity contribution in [3.63, 3.8) is 0 Å². The van der Waals surface area contributed by atoms with E-state index in [0.29, 0.717) is 56.3 Å². The minimum Gasteiger partial charge on any atom is -0.454 e. The van der Waals surface area contributed by atoms with Crippen LogP contribution in [-0.2, 0) is 40.2 Å². The van der Waals surface area contributed by atoms with Gasteiger partial charge in [0.1, 0.15) is 23.6 Å². The van der Waals surface area contributed by atoms with E-state index in [1.807, 2.05) is 19.2 Å². The number of rotatable bonds is 5. The highest BCUT2D eigenvalue weighted by atomic mass is 16.5. The SMILES string of the molecule is CN[C@H]1Cc2c(cccc2CO)C#C[C@]23CC[C@@H](Cc4cccc(c4)Cc4cccc(c4)[C@H]4CC[C@@H]5[C@@H](CC[C@]56C[C@]5(C=O)[C@H]7CC[C@]8(C2)[C@H]2C9=CC(=O)O[C@H]9[C@H]1C[C@@H]2C[C@]8(O)[C@]7(O)[C@H](O)[C@@H]1C[C@@H]([C@@H](C)C2CCCC2)CC[C@H]([C@H]6O)[C@@]15O)C4)C3. The van der Waals surface area contributed by atoms with Crippen LogP contribution in [0.3, 0.4) is 0 Å². The summed E-state index contributed by atoms with van der Waals surface area (Å²) in [6, 6.07) is 24.3. The zero-order chi connectivity index (χ0) is 58.2. The van der Waals surface area contributed by atoms with Crippen molar-refractivity contribution < 1.29 is 45.0 Å². The number of esters is 1. The van der Waals surface area contributed by atoms with Crippen LogP contribution in [0, 0.1) is 105 Å². The summed E-state index contributed by atoms with van der Waals surface area (Å²) in [6.07, 6.45) is 17.2. The van der Waals surface area contributed by atoms with Gasteiger partial charge in [0.25, 0.3) is 0 Å². The van der Waals surface area contributed by atoms with E-state index in [9.17, 15) is 25.2 Å². The second-order valence-corrected chi connectivity index (χ2v) is 31.6. The fourth-order valence-electron chi connectivity index (χ4n) is 25.5. The van der Waals surface area contributed by atoms with E-state index >= 15 is 15.0 Å². The lowest BCUT2D eigenvalue weighted by Crippen LogP contribution is -2.86. The monoisotopic (exact) mass is 1150 g/mol. The van der Waals surface area contributed by atoms with Crippen LogP contribution in [0.5, 0.6) is 0 Å². The summed E-state index contributed by atoms with van der Waals surface area (Å²) >= 11 is 0. The Hall–Kier alpha value is -4.18. The van der Waals surface area contributed by atoms with Gasteiger partial charge in [0.05, 0.1) is 29.8 Å². The third-order valence-electron chi connectivity index (χ3n) is 28.8. The first-order chi connectivity index (χ1) is 41.0. The molecule has 19 rings (SSSR count). The minimum absolute atomic E-state index is 0.0646. The van der Waals surface area contributed by atoms with Gasteiger partial charge in [-0.25, -0.2) is 4.79 Å². The predicted octanol–water partition coefficient (Wildman–Crippen LogP) is 10.3. The van der Waals surface area contributed by atoms with Gasteiger partial charge in [-0.1, -0.05) is 105 Å². The third-order valence-corrected chi connectivity index (χ3v) is 28.8. The fourth-order valence-corrected chi connectivity index (χ4v) is 25.5. The lowest BCUT2D eigenvalue weighted by Gasteiger charge is -2.75. The first-order valence-corrected chi connectivity index (χ1v) is 34.1. The van der Waals surface area contributed by atoms with E-state index in [1.165, 1.54) is 35.1 Å². The molecule has 10 fully saturated rings. The van der Waals surface area contributed by atoms with Crippen LogP contribution in [-0.4, -0.2) is 91.1 Å². The summed E-state index contributed by atoms with van der Waals surface area (Å²) in [5.41, 5.74) is -1.49. The number of aldehydes is 1. The van der Waals surface area contributed by atoms with Crippen molar-refractivity contribution in [1.82, 2.24) is 5.32 Å². The van der Waals surface area contributed by atoms with Crippen LogP contribution in [0.15, 0.2) is 78.4 Å². The first-order valence-electron chi connectivity index (χ1n) is 34.1. The molecule has 15 aliphatic carbocycles. The van der Waals surface area contributed by atoms with E-state index in [0.717, 1.165) is 112 Å². The molecule has 3 spiro atoms. The number of aliphatic hydroxyl groups excluding tert-OH is 3. The summed E-state index contributed by atoms with van der Waals surface area (Å²) in [5, 5.41) is 88.5. The number of nitrogens with one attached hydrogen (secondary N) is 1. The topological polar surface area (TPSA) is 177 Å². The average Bonchev–Trinajstić information content (AvgIpc) is 1.63. The van der Waals surface area contributed by atoms with Crippen LogP contribution < -0.4 is 5.32 Å². The molecule has 10 nitrogen and oxygen atoms in total. The summed E-state index contributed by atoms with van der Waals surface area (Å²) in [4.78, 5) is 30.0. The fraction of sp³-hybridized carbons (Fsp3) is 0.680. The van der Waals surface area contributed by atoms with Gasteiger partial charge in [-0.2, -0.15) is 0 Å². The molecule has 85 heavy (non-hydrogen) atoms. The molecule has 0 saturated heterocycles. The molecule has 10 heteroatoms. The van der Waals surface area contributed by atoms with E-state index in [-0.39, 0.29) is 67.4 Å². The molecule has 3 aromatic rings. The first kappa shape index (κ1) is 56.1. The molecule has 0 radical (unpaired) electrons. The Balaban J connectivity index is 0.933. The van der Waals surface area contributed by atoms with Crippen molar-refractivity contribution in [2.24, 2.45) is 92.7 Å². The summed E-state index contributed by atoms with van der Waals surface area (Å²) < 4.78 is 6.57. The van der Waals surface area contributed by atoms with Gasteiger partial charge in [-0.3, -0.25) is 0 Å². The van der Waals surface area contributed by atoms with Gasteiger partial charge in [0, 0.05) is 57.6 Å². The number of ether oxygens (including phenoxy) is 1. The van der Waals surface area contributed by atoms with Gasteiger partial charge in [-0.15, -0.1) is 0 Å². The summed E-state index contributed by atoms with van der Waals surface area (Å²) in [6.45, 7) is 2.22. The average molecular weight is 1150 g/mol. The van der Waals surface area contributed by atoms with Crippen molar-refractivity contribution in [3.05, 3.63) is 117 Å². The highest BCUT2D eigenvalue weighted by molar-refractivity contribution is 5.86. The van der Waals surface area contributed by atoms with E-state index in [1.54, 1.807) is 6.08 Å². The van der Waals surface area contributed by atoms with Crippen molar-refractivity contribution in [2.45, 2.75) is 215 Å². The molecule has 7 N–H and O–H groups in total. The number of likely N-dealkylation sites (N-methyl/N-ethyl adjacent to an activating group) is 1. The number of hydrogen-bond donors (Lipinski definition) is 7. The van der Waals surface area contributed by atoms with Gasteiger partial charge in [-0.05, 0) is 234 Å². The maximum atomic E-state index is 15.7. The zero-order valence-electron chi connectivity index (χ0n) is 50.4. The van der Waals surface area contributed by atoms with Crippen LogP contribution in [0.25, 0.3) is 0 Å². The van der Waals surface area contributed by atoms with Crippen LogP contribution in [0.1, 0.15) is 187 Å².